The quantitative estimate of drug-likeness (QED) is 0.403. The molecule has 0 nitrogen and oxygen atoms in total. The van der Waals surface area contributed by atoms with Crippen LogP contribution in [-0.2, 0) is 6.42 Å². The summed E-state index contributed by atoms with van der Waals surface area (Å²) in [6.07, 6.45) is 1.05. The third-order valence-electron chi connectivity index (χ3n) is 4.06. The molecule has 1 aliphatic carbocycles. The lowest BCUT2D eigenvalue weighted by Crippen LogP contribution is -1.84. The summed E-state index contributed by atoms with van der Waals surface area (Å²) in [7, 11) is 0. The Morgan fingerprint density at radius 1 is 1.00 bits per heavy atom. The predicted molar refractivity (Wildman–Crippen MR) is 84.6 cm³/mol. The molecule has 1 heteroatoms. The van der Waals surface area contributed by atoms with Gasteiger partial charge >= 0.3 is 0 Å². The van der Waals surface area contributed by atoms with Gasteiger partial charge in [0.1, 0.15) is 0 Å². The summed E-state index contributed by atoms with van der Waals surface area (Å²) in [4.78, 5) is 0. The topological polar surface area (TPSA) is 0 Å². The standard InChI is InChI=1S/C18H13Br/c1-11-8-14(19)9-13-10-17-15-5-3-2-4-12(15)6-7-16(17)18(11)13/h2-9H,10H2,1H3. The van der Waals surface area contributed by atoms with Crippen molar-refractivity contribution in [2.75, 3.05) is 0 Å². The highest BCUT2D eigenvalue weighted by atomic mass is 79.9. The van der Waals surface area contributed by atoms with Crippen molar-refractivity contribution in [1.82, 2.24) is 0 Å². The van der Waals surface area contributed by atoms with Crippen molar-refractivity contribution in [2.45, 2.75) is 13.3 Å². The molecule has 3 aromatic rings. The molecular weight excluding hydrogens is 296 g/mol. The molecular formula is C18H13Br. The number of benzene rings is 3. The van der Waals surface area contributed by atoms with Crippen molar-refractivity contribution in [1.29, 1.82) is 0 Å². The van der Waals surface area contributed by atoms with Crippen LogP contribution in [0.1, 0.15) is 16.7 Å². The van der Waals surface area contributed by atoms with Gasteiger partial charge in [-0.25, -0.2) is 0 Å². The first-order valence-corrected chi connectivity index (χ1v) is 7.33. The van der Waals surface area contributed by atoms with Crippen LogP contribution < -0.4 is 0 Å². The number of hydrogen-bond donors (Lipinski definition) is 0. The highest BCUT2D eigenvalue weighted by Crippen LogP contribution is 2.43. The normalized spacial score (nSPS) is 12.5. The molecule has 0 aromatic heterocycles. The van der Waals surface area contributed by atoms with Gasteiger partial charge in [-0.1, -0.05) is 52.3 Å². The number of rotatable bonds is 0. The summed E-state index contributed by atoms with van der Waals surface area (Å²) in [6, 6.07) is 17.7. The largest absolute Gasteiger partial charge is 0.0616 e. The smallest absolute Gasteiger partial charge is 0.0181 e. The molecule has 0 unspecified atom stereocenters. The molecule has 0 spiro atoms. The third-order valence-corrected chi connectivity index (χ3v) is 4.52. The molecule has 0 fully saturated rings. The third kappa shape index (κ3) is 1.58. The van der Waals surface area contributed by atoms with Gasteiger partial charge in [-0.2, -0.15) is 0 Å². The number of halogens is 1. The van der Waals surface area contributed by atoms with E-state index in [0.717, 1.165) is 6.42 Å². The van der Waals surface area contributed by atoms with Crippen LogP contribution in [-0.4, -0.2) is 0 Å². The van der Waals surface area contributed by atoms with Gasteiger partial charge in [0, 0.05) is 4.47 Å². The molecule has 19 heavy (non-hydrogen) atoms. The summed E-state index contributed by atoms with van der Waals surface area (Å²) in [5, 5.41) is 2.73. The van der Waals surface area contributed by atoms with Crippen LogP contribution in [0, 0.1) is 6.92 Å². The Kier molecular flexibility index (Phi) is 2.33. The number of hydrogen-bond acceptors (Lipinski definition) is 0. The maximum Gasteiger partial charge on any atom is 0.0181 e. The van der Waals surface area contributed by atoms with E-state index in [0.29, 0.717) is 0 Å². The fourth-order valence-electron chi connectivity index (χ4n) is 3.29. The Balaban J connectivity index is 2.09. The Morgan fingerprint density at radius 3 is 2.74 bits per heavy atom. The van der Waals surface area contributed by atoms with Crippen molar-refractivity contribution < 1.29 is 0 Å². The van der Waals surface area contributed by atoms with Crippen LogP contribution in [0.25, 0.3) is 21.9 Å². The Hall–Kier alpha value is -1.60. The van der Waals surface area contributed by atoms with Crippen molar-refractivity contribution in [3.63, 3.8) is 0 Å². The van der Waals surface area contributed by atoms with Crippen LogP contribution in [0.3, 0.4) is 0 Å². The molecule has 0 N–H and O–H groups in total. The minimum atomic E-state index is 1.05. The number of fused-ring (bicyclic) bond motifs is 5. The molecule has 1 aliphatic rings. The molecule has 0 heterocycles. The van der Waals surface area contributed by atoms with Gasteiger partial charge in [0.15, 0.2) is 0 Å². The van der Waals surface area contributed by atoms with E-state index in [2.05, 4.69) is 71.4 Å². The Bertz CT molecular complexity index is 815. The lowest BCUT2D eigenvalue weighted by Gasteiger charge is -2.07. The molecule has 0 saturated heterocycles. The zero-order chi connectivity index (χ0) is 13.0. The summed E-state index contributed by atoms with van der Waals surface area (Å²) >= 11 is 3.61. The van der Waals surface area contributed by atoms with Crippen LogP contribution in [0.5, 0.6) is 0 Å². The monoisotopic (exact) mass is 308 g/mol. The first kappa shape index (κ1) is 11.2. The zero-order valence-electron chi connectivity index (χ0n) is 10.7. The van der Waals surface area contributed by atoms with E-state index in [1.807, 2.05) is 0 Å². The van der Waals surface area contributed by atoms with Gasteiger partial charge in [0.25, 0.3) is 0 Å². The lowest BCUT2D eigenvalue weighted by atomic mass is 9.97. The second-order valence-corrected chi connectivity index (χ2v) is 6.16. The second-order valence-electron chi connectivity index (χ2n) is 5.25. The highest BCUT2D eigenvalue weighted by molar-refractivity contribution is 9.10. The first-order chi connectivity index (χ1) is 9.24. The SMILES string of the molecule is Cc1cc(Br)cc2c1-c1ccc3ccccc3c1C2. The van der Waals surface area contributed by atoms with E-state index >= 15 is 0 Å². The molecule has 0 aliphatic heterocycles. The Labute approximate surface area is 121 Å². The van der Waals surface area contributed by atoms with Gasteiger partial charge in [-0.3, -0.25) is 0 Å². The Morgan fingerprint density at radius 2 is 1.84 bits per heavy atom. The molecule has 92 valence electrons. The minimum Gasteiger partial charge on any atom is -0.0616 e. The van der Waals surface area contributed by atoms with Gasteiger partial charge < -0.3 is 0 Å². The van der Waals surface area contributed by atoms with Crippen LogP contribution in [0.15, 0.2) is 53.0 Å². The van der Waals surface area contributed by atoms with Crippen molar-refractivity contribution >= 4 is 26.7 Å². The van der Waals surface area contributed by atoms with Gasteiger partial charge in [0.05, 0.1) is 0 Å². The summed E-state index contributed by atoms with van der Waals surface area (Å²) in [6.45, 7) is 2.20. The first-order valence-electron chi connectivity index (χ1n) is 6.54. The van der Waals surface area contributed by atoms with Crippen LogP contribution >= 0.6 is 15.9 Å². The maximum absolute atomic E-state index is 3.61. The van der Waals surface area contributed by atoms with Crippen LogP contribution in [0.4, 0.5) is 0 Å². The minimum absolute atomic E-state index is 1.05. The van der Waals surface area contributed by atoms with E-state index in [4.69, 9.17) is 0 Å². The summed E-state index contributed by atoms with van der Waals surface area (Å²) in [5.41, 5.74) is 7.13. The highest BCUT2D eigenvalue weighted by Gasteiger charge is 2.22. The average molecular weight is 309 g/mol. The fourth-order valence-corrected chi connectivity index (χ4v) is 3.91. The van der Waals surface area contributed by atoms with Crippen LogP contribution in [0.2, 0.25) is 0 Å². The molecule has 4 rings (SSSR count). The van der Waals surface area contributed by atoms with E-state index in [9.17, 15) is 0 Å². The van der Waals surface area contributed by atoms with E-state index in [1.54, 1.807) is 0 Å². The molecule has 0 radical (unpaired) electrons. The van der Waals surface area contributed by atoms with E-state index < -0.39 is 0 Å². The molecule has 0 amide bonds. The van der Waals surface area contributed by atoms with E-state index in [1.165, 1.54) is 43.1 Å². The predicted octanol–water partition coefficient (Wildman–Crippen LogP) is 5.48. The van der Waals surface area contributed by atoms with E-state index in [-0.39, 0.29) is 0 Å². The number of aryl methyl sites for hydroxylation is 1. The summed E-state index contributed by atoms with van der Waals surface area (Å²) in [5.74, 6) is 0. The molecule has 0 saturated carbocycles. The van der Waals surface area contributed by atoms with Crippen molar-refractivity contribution in [3.8, 4) is 11.1 Å². The fraction of sp³-hybridized carbons (Fsp3) is 0.111. The zero-order valence-corrected chi connectivity index (χ0v) is 12.3. The lowest BCUT2D eigenvalue weighted by molar-refractivity contribution is 1.27. The maximum atomic E-state index is 3.61. The van der Waals surface area contributed by atoms with Gasteiger partial charge in [0.2, 0.25) is 0 Å². The molecule has 0 bridgehead atoms. The van der Waals surface area contributed by atoms with Gasteiger partial charge in [-0.05, 0) is 64.1 Å². The second kappa shape index (κ2) is 3.94. The van der Waals surface area contributed by atoms with Crippen molar-refractivity contribution in [3.05, 3.63) is 69.7 Å². The summed E-state index contributed by atoms with van der Waals surface area (Å²) < 4.78 is 1.18. The van der Waals surface area contributed by atoms with Gasteiger partial charge in [-0.15, -0.1) is 0 Å². The van der Waals surface area contributed by atoms with Crippen molar-refractivity contribution in [2.24, 2.45) is 0 Å². The molecule has 0 atom stereocenters. The molecule has 3 aromatic carbocycles. The average Bonchev–Trinajstić information content (AvgIpc) is 2.77.